The van der Waals surface area contributed by atoms with Crippen LogP contribution in [0.3, 0.4) is 0 Å². The number of thiazole rings is 1. The summed E-state index contributed by atoms with van der Waals surface area (Å²) in [6.07, 6.45) is 0. The first-order chi connectivity index (χ1) is 23.3. The van der Waals surface area contributed by atoms with Crippen molar-refractivity contribution < 1.29 is 0 Å². The normalized spacial score (nSPS) is 12.3. The molecule has 0 fully saturated rings. The third kappa shape index (κ3) is 3.37. The fourth-order valence-electron chi connectivity index (χ4n) is 7.91. The van der Waals surface area contributed by atoms with Crippen molar-refractivity contribution in [2.75, 3.05) is 0 Å². The Hall–Kier alpha value is -5.97. The van der Waals surface area contributed by atoms with Gasteiger partial charge in [0.05, 0.1) is 38.3 Å². The molecule has 0 saturated heterocycles. The van der Waals surface area contributed by atoms with E-state index in [2.05, 4.69) is 161 Å². The molecule has 3 heterocycles. The van der Waals surface area contributed by atoms with Crippen molar-refractivity contribution in [3.63, 3.8) is 0 Å². The summed E-state index contributed by atoms with van der Waals surface area (Å²) >= 11 is 1.80. The van der Waals surface area contributed by atoms with Crippen molar-refractivity contribution in [3.05, 3.63) is 152 Å². The summed E-state index contributed by atoms with van der Waals surface area (Å²) in [5.74, 6) is 0. The van der Waals surface area contributed by atoms with Crippen LogP contribution in [0.15, 0.2) is 152 Å². The zero-order valence-electron chi connectivity index (χ0n) is 25.2. The molecule has 7 aromatic carbocycles. The van der Waals surface area contributed by atoms with E-state index in [4.69, 9.17) is 4.98 Å². The molecule has 3 aromatic heterocycles. The molecule has 0 radical (unpaired) electrons. The van der Waals surface area contributed by atoms with Gasteiger partial charge in [-0.1, -0.05) is 109 Å². The van der Waals surface area contributed by atoms with Gasteiger partial charge in [-0.05, 0) is 42.5 Å². The predicted octanol–water partition coefficient (Wildman–Crippen LogP) is 11.8. The molecule has 0 aliphatic heterocycles. The van der Waals surface area contributed by atoms with E-state index in [1.807, 2.05) is 0 Å². The van der Waals surface area contributed by atoms with Gasteiger partial charge in [0.15, 0.2) is 0 Å². The maximum atomic E-state index is 5.20. The van der Waals surface area contributed by atoms with Crippen LogP contribution in [0.4, 0.5) is 0 Å². The van der Waals surface area contributed by atoms with Gasteiger partial charge in [-0.3, -0.25) is 0 Å². The minimum Gasteiger partial charge on any atom is -0.309 e. The van der Waals surface area contributed by atoms with E-state index in [1.54, 1.807) is 11.3 Å². The van der Waals surface area contributed by atoms with Crippen LogP contribution < -0.4 is 0 Å². The van der Waals surface area contributed by atoms with Crippen LogP contribution in [0.5, 0.6) is 0 Å². The number of hydrogen-bond acceptors (Lipinski definition) is 2. The first-order valence-corrected chi connectivity index (χ1v) is 16.8. The van der Waals surface area contributed by atoms with E-state index in [9.17, 15) is 0 Å². The number of aromatic nitrogens is 3. The molecule has 11 rings (SSSR count). The predicted molar refractivity (Wildman–Crippen MR) is 198 cm³/mol. The van der Waals surface area contributed by atoms with Gasteiger partial charge < -0.3 is 9.13 Å². The van der Waals surface area contributed by atoms with Crippen LogP contribution in [-0.4, -0.2) is 14.1 Å². The lowest BCUT2D eigenvalue weighted by Crippen LogP contribution is -1.97. The van der Waals surface area contributed by atoms with Crippen LogP contribution in [0.2, 0.25) is 0 Å². The monoisotopic (exact) mass is 615 g/mol. The van der Waals surface area contributed by atoms with E-state index in [0.717, 1.165) is 10.7 Å². The van der Waals surface area contributed by atoms with Crippen LogP contribution in [0, 0.1) is 0 Å². The fraction of sp³-hybridized carbons (Fsp3) is 0. The topological polar surface area (TPSA) is 22.8 Å². The summed E-state index contributed by atoms with van der Waals surface area (Å²) in [5, 5.41) is 8.68. The van der Waals surface area contributed by atoms with Gasteiger partial charge in [-0.25, -0.2) is 4.98 Å². The quantitative estimate of drug-likeness (QED) is 0.194. The van der Waals surface area contributed by atoms with Gasteiger partial charge in [0.2, 0.25) is 0 Å². The molecule has 3 nitrogen and oxygen atoms in total. The first-order valence-electron chi connectivity index (χ1n) is 16.0. The van der Waals surface area contributed by atoms with Crippen molar-refractivity contribution in [1.82, 2.24) is 14.1 Å². The average Bonchev–Trinajstić information content (AvgIpc) is 3.87. The van der Waals surface area contributed by atoms with E-state index in [0.29, 0.717) is 0 Å². The second-order valence-corrected chi connectivity index (χ2v) is 13.3. The van der Waals surface area contributed by atoms with Gasteiger partial charge in [-0.2, -0.15) is 0 Å². The number of benzene rings is 7. The molecule has 0 saturated carbocycles. The highest BCUT2D eigenvalue weighted by atomic mass is 32.1. The van der Waals surface area contributed by atoms with Crippen LogP contribution in [0.25, 0.3) is 98.0 Å². The summed E-state index contributed by atoms with van der Waals surface area (Å²) in [4.78, 5) is 6.46. The number of nitrogens with zero attached hydrogens (tertiary/aromatic N) is 3. The summed E-state index contributed by atoms with van der Waals surface area (Å²) < 4.78 is 4.89. The van der Waals surface area contributed by atoms with Crippen molar-refractivity contribution in [2.45, 2.75) is 0 Å². The van der Waals surface area contributed by atoms with Gasteiger partial charge in [0, 0.05) is 54.7 Å². The highest BCUT2D eigenvalue weighted by Gasteiger charge is 2.28. The molecule has 10 aromatic rings. The number of para-hydroxylation sites is 3. The molecule has 0 unspecified atom stereocenters. The maximum absolute atomic E-state index is 5.20. The molecule has 0 amide bonds. The zero-order chi connectivity index (χ0) is 30.6. The van der Waals surface area contributed by atoms with Crippen molar-refractivity contribution >= 4 is 65.7 Å². The lowest BCUT2D eigenvalue weighted by Gasteiger charge is -2.14. The Balaban J connectivity index is 1.22. The molecule has 218 valence electrons. The Morgan fingerprint density at radius 1 is 0.447 bits per heavy atom. The molecule has 47 heavy (non-hydrogen) atoms. The lowest BCUT2D eigenvalue weighted by atomic mass is 10.0. The zero-order valence-corrected chi connectivity index (χ0v) is 26.0. The van der Waals surface area contributed by atoms with E-state index >= 15 is 0 Å². The molecule has 0 bridgehead atoms. The number of fused-ring (bicyclic) bond motifs is 9. The second-order valence-electron chi connectivity index (χ2n) is 12.4. The Labute approximate surface area is 274 Å². The third-order valence-electron chi connectivity index (χ3n) is 9.89. The summed E-state index contributed by atoms with van der Waals surface area (Å²) in [5.41, 5.74) is 12.0. The van der Waals surface area contributed by atoms with Crippen LogP contribution in [0.1, 0.15) is 0 Å². The Morgan fingerprint density at radius 3 is 1.85 bits per heavy atom. The minimum atomic E-state index is 1.07. The summed E-state index contributed by atoms with van der Waals surface area (Å²) in [6, 6.07) is 55.0. The number of rotatable bonds is 3. The molecule has 1 aliphatic rings. The van der Waals surface area contributed by atoms with Crippen molar-refractivity contribution in [1.29, 1.82) is 0 Å². The third-order valence-corrected chi connectivity index (χ3v) is 11.0. The number of hydrogen-bond donors (Lipinski definition) is 0. The van der Waals surface area contributed by atoms with Gasteiger partial charge in [0.25, 0.3) is 0 Å². The van der Waals surface area contributed by atoms with Crippen molar-refractivity contribution in [2.24, 2.45) is 0 Å². The smallest absolute Gasteiger partial charge is 0.124 e. The molecular weight excluding hydrogens is 591 g/mol. The highest BCUT2D eigenvalue weighted by Crippen LogP contribution is 2.52. The largest absolute Gasteiger partial charge is 0.309 e. The van der Waals surface area contributed by atoms with Crippen LogP contribution >= 0.6 is 11.3 Å². The Bertz CT molecular complexity index is 2860. The van der Waals surface area contributed by atoms with Crippen molar-refractivity contribution in [3.8, 4) is 43.6 Å². The molecule has 1 aliphatic carbocycles. The second kappa shape index (κ2) is 9.29. The lowest BCUT2D eigenvalue weighted by molar-refractivity contribution is 1.17. The Morgan fingerprint density at radius 2 is 1.09 bits per heavy atom. The maximum Gasteiger partial charge on any atom is 0.124 e. The molecule has 0 N–H and O–H groups in total. The minimum absolute atomic E-state index is 1.07. The summed E-state index contributed by atoms with van der Waals surface area (Å²) in [7, 11) is 0. The standard InChI is InChI=1S/C43H25N3S/c1-3-12-26(13-4-1)43-44-41-31-19-11-18-30-37(23-22-32(40(30)31)42(41)47-43)46-36-21-10-8-17-29(36)34-24-33-28-16-7-9-20-35(28)45(38(33)25-39(34)46)27-14-5-2-6-15-27/h1-25H. The van der Waals surface area contributed by atoms with Gasteiger partial charge in [-0.15, -0.1) is 11.3 Å². The van der Waals surface area contributed by atoms with E-state index < -0.39 is 0 Å². The summed E-state index contributed by atoms with van der Waals surface area (Å²) in [6.45, 7) is 0. The van der Waals surface area contributed by atoms with E-state index in [1.165, 1.54) is 87.3 Å². The average molecular weight is 616 g/mol. The van der Waals surface area contributed by atoms with Gasteiger partial charge >= 0.3 is 0 Å². The Kier molecular flexibility index (Phi) is 4.99. The molecular formula is C43H25N3S. The molecule has 4 heteroatoms. The fourth-order valence-corrected chi connectivity index (χ4v) is 9.02. The van der Waals surface area contributed by atoms with Gasteiger partial charge in [0.1, 0.15) is 5.01 Å². The van der Waals surface area contributed by atoms with E-state index in [-0.39, 0.29) is 0 Å². The molecule has 0 spiro atoms. The van der Waals surface area contributed by atoms with Crippen LogP contribution in [-0.2, 0) is 0 Å². The molecule has 0 atom stereocenters. The first kappa shape index (κ1) is 25.2. The SMILES string of the molecule is c1ccc(-c2nc3c(s2)-c2ccc(-n4c5ccccc5c5cc6c7ccccc7n(-c7ccccc7)c6cc54)c4cccc-3c24)cc1. The highest BCUT2D eigenvalue weighted by molar-refractivity contribution is 7.19.